The molecule has 1 rings (SSSR count). The van der Waals surface area contributed by atoms with Gasteiger partial charge in [0.15, 0.2) is 0 Å². The maximum atomic E-state index is 9.09. The first-order chi connectivity index (χ1) is 6.70. The lowest BCUT2D eigenvalue weighted by atomic mass is 10.1. The van der Waals surface area contributed by atoms with Gasteiger partial charge in [0.05, 0.1) is 12.2 Å². The lowest BCUT2D eigenvalue weighted by molar-refractivity contribution is 0.0140. The van der Waals surface area contributed by atoms with Crippen LogP contribution in [0, 0.1) is 0 Å². The summed E-state index contributed by atoms with van der Waals surface area (Å²) >= 11 is 0. The van der Waals surface area contributed by atoms with Gasteiger partial charge in [-0.1, -0.05) is 19.3 Å². The Labute approximate surface area is 86.6 Å². The van der Waals surface area contributed by atoms with Crippen LogP contribution in [-0.2, 0) is 4.74 Å². The number of hydrogen-bond donors (Lipinski definition) is 2. The first kappa shape index (κ1) is 12.0. The molecule has 0 aliphatic heterocycles. The molecule has 3 unspecified atom stereocenters. The second-order valence-corrected chi connectivity index (χ2v) is 4.35. The van der Waals surface area contributed by atoms with E-state index in [4.69, 9.17) is 15.6 Å². The predicted octanol–water partition coefficient (Wildman–Crippen LogP) is 1.43. The van der Waals surface area contributed by atoms with E-state index in [2.05, 4.69) is 0 Å². The van der Waals surface area contributed by atoms with Crippen LogP contribution in [0.3, 0.4) is 0 Å². The summed E-state index contributed by atoms with van der Waals surface area (Å²) in [4.78, 5) is 0. The Kier molecular flexibility index (Phi) is 5.45. The molecule has 1 saturated carbocycles. The molecule has 0 aromatic rings. The van der Waals surface area contributed by atoms with Crippen LogP contribution in [0.25, 0.3) is 0 Å². The molecule has 3 nitrogen and oxygen atoms in total. The van der Waals surface area contributed by atoms with Crippen molar-refractivity contribution >= 4 is 0 Å². The molecule has 0 heterocycles. The molecule has 0 bridgehead atoms. The van der Waals surface area contributed by atoms with Crippen molar-refractivity contribution in [3.8, 4) is 0 Å². The van der Waals surface area contributed by atoms with Gasteiger partial charge in [0, 0.05) is 12.6 Å². The van der Waals surface area contributed by atoms with Crippen LogP contribution in [-0.4, -0.2) is 30.0 Å². The van der Waals surface area contributed by atoms with Crippen molar-refractivity contribution in [3.05, 3.63) is 0 Å². The minimum atomic E-state index is -0.267. The zero-order chi connectivity index (χ0) is 10.4. The summed E-state index contributed by atoms with van der Waals surface area (Å²) in [5.41, 5.74) is 6.01. The quantitative estimate of drug-likeness (QED) is 0.677. The summed E-state index contributed by atoms with van der Waals surface area (Å²) in [7, 11) is 0. The van der Waals surface area contributed by atoms with Gasteiger partial charge in [0.1, 0.15) is 0 Å². The number of rotatable bonds is 4. The zero-order valence-electron chi connectivity index (χ0n) is 9.11. The number of aliphatic hydroxyl groups is 1. The van der Waals surface area contributed by atoms with Crippen LogP contribution >= 0.6 is 0 Å². The SMILES string of the molecule is CC(O)CCOC1CCCCCC1N. The van der Waals surface area contributed by atoms with Crippen LogP contribution in [0.4, 0.5) is 0 Å². The van der Waals surface area contributed by atoms with Gasteiger partial charge in [0.2, 0.25) is 0 Å². The molecule has 0 saturated heterocycles. The van der Waals surface area contributed by atoms with Crippen molar-refractivity contribution in [3.63, 3.8) is 0 Å². The highest BCUT2D eigenvalue weighted by molar-refractivity contribution is 4.76. The first-order valence-electron chi connectivity index (χ1n) is 5.75. The van der Waals surface area contributed by atoms with Crippen molar-refractivity contribution in [1.29, 1.82) is 0 Å². The molecule has 3 heteroatoms. The zero-order valence-corrected chi connectivity index (χ0v) is 9.11. The maximum absolute atomic E-state index is 9.09. The predicted molar refractivity (Wildman–Crippen MR) is 57.1 cm³/mol. The summed E-state index contributed by atoms with van der Waals surface area (Å²) in [6.45, 7) is 2.42. The molecule has 0 aromatic heterocycles. The third-order valence-electron chi connectivity index (χ3n) is 2.87. The van der Waals surface area contributed by atoms with Gasteiger partial charge in [-0.2, -0.15) is 0 Å². The van der Waals surface area contributed by atoms with Crippen molar-refractivity contribution in [1.82, 2.24) is 0 Å². The number of ether oxygens (including phenoxy) is 1. The molecule has 0 aromatic carbocycles. The Hall–Kier alpha value is -0.120. The molecule has 14 heavy (non-hydrogen) atoms. The van der Waals surface area contributed by atoms with Gasteiger partial charge in [-0.25, -0.2) is 0 Å². The first-order valence-corrected chi connectivity index (χ1v) is 5.75. The Bertz CT molecular complexity index is 150. The van der Waals surface area contributed by atoms with E-state index in [0.717, 1.165) is 12.8 Å². The Morgan fingerprint density at radius 2 is 2.07 bits per heavy atom. The number of nitrogens with two attached hydrogens (primary N) is 1. The van der Waals surface area contributed by atoms with E-state index in [9.17, 15) is 0 Å². The van der Waals surface area contributed by atoms with E-state index >= 15 is 0 Å². The smallest absolute Gasteiger partial charge is 0.0725 e. The average Bonchev–Trinajstić information content (AvgIpc) is 2.31. The Morgan fingerprint density at radius 1 is 1.36 bits per heavy atom. The van der Waals surface area contributed by atoms with E-state index < -0.39 is 0 Å². The van der Waals surface area contributed by atoms with E-state index in [1.54, 1.807) is 6.92 Å². The summed E-state index contributed by atoms with van der Waals surface area (Å²) in [6.07, 6.45) is 6.58. The topological polar surface area (TPSA) is 55.5 Å². The normalized spacial score (nSPS) is 31.1. The van der Waals surface area contributed by atoms with E-state index in [0.29, 0.717) is 13.0 Å². The molecular weight excluding hydrogens is 178 g/mol. The Morgan fingerprint density at radius 3 is 2.79 bits per heavy atom. The Balaban J connectivity index is 2.19. The molecule has 1 aliphatic carbocycles. The number of hydrogen-bond acceptors (Lipinski definition) is 3. The second kappa shape index (κ2) is 6.38. The van der Waals surface area contributed by atoms with E-state index in [1.165, 1.54) is 19.3 Å². The van der Waals surface area contributed by atoms with Gasteiger partial charge in [-0.15, -0.1) is 0 Å². The highest BCUT2D eigenvalue weighted by Gasteiger charge is 2.20. The van der Waals surface area contributed by atoms with Crippen molar-refractivity contribution in [2.24, 2.45) is 5.73 Å². The third-order valence-corrected chi connectivity index (χ3v) is 2.87. The molecule has 3 atom stereocenters. The molecule has 0 radical (unpaired) electrons. The summed E-state index contributed by atoms with van der Waals surface area (Å²) in [6, 6.07) is 0.200. The van der Waals surface area contributed by atoms with Gasteiger partial charge in [0.25, 0.3) is 0 Å². The van der Waals surface area contributed by atoms with Crippen molar-refractivity contribution in [2.45, 2.75) is 63.7 Å². The van der Waals surface area contributed by atoms with Crippen molar-refractivity contribution < 1.29 is 9.84 Å². The third kappa shape index (κ3) is 4.40. The lowest BCUT2D eigenvalue weighted by Crippen LogP contribution is -2.36. The summed E-state index contributed by atoms with van der Waals surface area (Å²) in [5.74, 6) is 0. The molecule has 1 aliphatic rings. The average molecular weight is 201 g/mol. The van der Waals surface area contributed by atoms with Crippen LogP contribution in [0.15, 0.2) is 0 Å². The lowest BCUT2D eigenvalue weighted by Gasteiger charge is -2.22. The van der Waals surface area contributed by atoms with Crippen LogP contribution in [0.2, 0.25) is 0 Å². The largest absolute Gasteiger partial charge is 0.393 e. The standard InChI is InChI=1S/C11H23NO2/c1-9(13)7-8-14-11-6-4-2-3-5-10(11)12/h9-11,13H,2-8,12H2,1H3. The fourth-order valence-electron chi connectivity index (χ4n) is 1.90. The molecule has 1 fully saturated rings. The molecule has 0 spiro atoms. The molecule has 84 valence electrons. The van der Waals surface area contributed by atoms with E-state index in [-0.39, 0.29) is 18.2 Å². The van der Waals surface area contributed by atoms with Gasteiger partial charge in [-0.05, 0) is 26.2 Å². The summed E-state index contributed by atoms with van der Waals surface area (Å²) in [5, 5.41) is 9.09. The maximum Gasteiger partial charge on any atom is 0.0725 e. The molecular formula is C11H23NO2. The van der Waals surface area contributed by atoms with Crippen LogP contribution < -0.4 is 5.73 Å². The minimum absolute atomic E-state index is 0.200. The monoisotopic (exact) mass is 201 g/mol. The highest BCUT2D eigenvalue weighted by atomic mass is 16.5. The van der Waals surface area contributed by atoms with Gasteiger partial charge in [-0.3, -0.25) is 0 Å². The van der Waals surface area contributed by atoms with Crippen LogP contribution in [0.1, 0.15) is 45.4 Å². The summed E-state index contributed by atoms with van der Waals surface area (Å²) < 4.78 is 5.70. The fraction of sp³-hybridized carbons (Fsp3) is 1.00. The van der Waals surface area contributed by atoms with Gasteiger partial charge >= 0.3 is 0 Å². The molecule has 3 N–H and O–H groups in total. The highest BCUT2D eigenvalue weighted by Crippen LogP contribution is 2.19. The fourth-order valence-corrected chi connectivity index (χ4v) is 1.90. The van der Waals surface area contributed by atoms with Crippen molar-refractivity contribution in [2.75, 3.05) is 6.61 Å². The second-order valence-electron chi connectivity index (χ2n) is 4.35. The minimum Gasteiger partial charge on any atom is -0.393 e. The van der Waals surface area contributed by atoms with Crippen LogP contribution in [0.5, 0.6) is 0 Å². The number of aliphatic hydroxyl groups excluding tert-OH is 1. The molecule has 0 amide bonds. The van der Waals surface area contributed by atoms with E-state index in [1.807, 2.05) is 0 Å². The van der Waals surface area contributed by atoms with Gasteiger partial charge < -0.3 is 15.6 Å².